The number of aryl methyl sites for hydroxylation is 1. The molecule has 1 aromatic heterocycles. The molecule has 1 amide bonds. The predicted molar refractivity (Wildman–Crippen MR) is 144 cm³/mol. The van der Waals surface area contributed by atoms with Crippen molar-refractivity contribution in [1.29, 1.82) is 0 Å². The molecule has 3 aromatic rings. The number of aromatic nitrogens is 2. The van der Waals surface area contributed by atoms with Gasteiger partial charge in [0.15, 0.2) is 0 Å². The molecule has 0 spiro atoms. The number of nitrogens with one attached hydrogen (secondary N) is 2. The van der Waals surface area contributed by atoms with Gasteiger partial charge in [-0.25, -0.2) is 10.2 Å². The molecule has 2 aromatic carbocycles. The van der Waals surface area contributed by atoms with E-state index >= 15 is 0 Å². The largest absolute Gasteiger partial charge is 0.497 e. The number of rotatable bonds is 11. The number of amides is 1. The van der Waals surface area contributed by atoms with E-state index in [9.17, 15) is 4.79 Å². The molecule has 4 rings (SSSR count). The van der Waals surface area contributed by atoms with Crippen molar-refractivity contribution in [2.45, 2.75) is 13.5 Å². The summed E-state index contributed by atoms with van der Waals surface area (Å²) in [4.78, 5) is 23.1. The molecule has 2 heterocycles. The Bertz CT molecular complexity index is 1210. The van der Waals surface area contributed by atoms with E-state index in [4.69, 9.17) is 18.9 Å². The van der Waals surface area contributed by atoms with Gasteiger partial charge < -0.3 is 29.2 Å². The third-order valence-corrected chi connectivity index (χ3v) is 5.61. The molecule has 2 N–H and O–H groups in total. The molecule has 1 fully saturated rings. The van der Waals surface area contributed by atoms with Crippen LogP contribution in [-0.2, 0) is 16.0 Å². The van der Waals surface area contributed by atoms with Crippen LogP contribution in [0.1, 0.15) is 16.7 Å². The molecule has 1 aliphatic heterocycles. The van der Waals surface area contributed by atoms with Gasteiger partial charge in [0.2, 0.25) is 11.8 Å². The normalized spacial score (nSPS) is 13.3. The van der Waals surface area contributed by atoms with Gasteiger partial charge in [0, 0.05) is 25.7 Å². The van der Waals surface area contributed by atoms with Crippen molar-refractivity contribution < 1.29 is 23.7 Å². The predicted octanol–water partition coefficient (Wildman–Crippen LogP) is 3.38. The second-order valence-electron chi connectivity index (χ2n) is 8.46. The second kappa shape index (κ2) is 13.8. The highest BCUT2D eigenvalue weighted by molar-refractivity contribution is 5.80. The lowest BCUT2D eigenvalue weighted by Crippen LogP contribution is -2.36. The summed E-state index contributed by atoms with van der Waals surface area (Å²) in [6.07, 6.45) is 1.17. The summed E-state index contributed by atoms with van der Waals surface area (Å²) in [5, 5.41) is 6.98. The van der Waals surface area contributed by atoms with E-state index in [1.807, 2.05) is 55.5 Å². The standard InChI is InChI=1S/C27H32N6O5/c1-20-4-3-5-22(16-20)19-29-32-26-30-24(33-10-12-36-13-11-33)17-25(31-26)37-14-15-38-27(34)28-18-21-6-8-23(35-2)9-7-21/h3-9,16-17,19H,10-15,18H2,1-2H3,(H,28,34)(H,30,31,32). The first kappa shape index (κ1) is 26.7. The van der Waals surface area contributed by atoms with E-state index in [0.717, 1.165) is 22.4 Å². The number of carbonyl (C=O) groups is 1. The molecule has 38 heavy (non-hydrogen) atoms. The van der Waals surface area contributed by atoms with Gasteiger partial charge >= 0.3 is 6.09 Å². The van der Waals surface area contributed by atoms with E-state index < -0.39 is 6.09 Å². The Morgan fingerprint density at radius 3 is 2.68 bits per heavy atom. The molecule has 1 saturated heterocycles. The van der Waals surface area contributed by atoms with E-state index in [1.165, 1.54) is 0 Å². The number of benzene rings is 2. The maximum absolute atomic E-state index is 12.0. The van der Waals surface area contributed by atoms with Gasteiger partial charge in [0.25, 0.3) is 0 Å². The molecular weight excluding hydrogens is 488 g/mol. The molecular formula is C27H32N6O5. The fourth-order valence-corrected chi connectivity index (χ4v) is 3.66. The number of alkyl carbamates (subject to hydrolysis) is 1. The summed E-state index contributed by atoms with van der Waals surface area (Å²) in [6, 6.07) is 17.2. The highest BCUT2D eigenvalue weighted by Gasteiger charge is 2.16. The number of hydrazone groups is 1. The van der Waals surface area contributed by atoms with Crippen molar-refractivity contribution in [1.82, 2.24) is 15.3 Å². The van der Waals surface area contributed by atoms with Crippen LogP contribution in [0, 0.1) is 6.92 Å². The number of morpholine rings is 1. The lowest BCUT2D eigenvalue weighted by molar-refractivity contribution is 0.121. The van der Waals surface area contributed by atoms with Gasteiger partial charge in [-0.3, -0.25) is 0 Å². The maximum atomic E-state index is 12.0. The van der Waals surface area contributed by atoms with Crippen molar-refractivity contribution in [3.63, 3.8) is 0 Å². The average Bonchev–Trinajstić information content (AvgIpc) is 2.95. The fourth-order valence-electron chi connectivity index (χ4n) is 3.66. The minimum absolute atomic E-state index is 0.0552. The zero-order chi connectivity index (χ0) is 26.6. The molecule has 11 heteroatoms. The summed E-state index contributed by atoms with van der Waals surface area (Å²) < 4.78 is 21.6. The van der Waals surface area contributed by atoms with Crippen LogP contribution < -0.4 is 25.1 Å². The summed E-state index contributed by atoms with van der Waals surface area (Å²) in [5.74, 6) is 2.10. The van der Waals surface area contributed by atoms with E-state index in [2.05, 4.69) is 30.7 Å². The van der Waals surface area contributed by atoms with Gasteiger partial charge in [0.05, 0.1) is 26.5 Å². The topological polar surface area (TPSA) is 119 Å². The number of anilines is 2. The van der Waals surface area contributed by atoms with Gasteiger partial charge in [-0.2, -0.15) is 15.1 Å². The minimum Gasteiger partial charge on any atom is -0.497 e. The highest BCUT2D eigenvalue weighted by atomic mass is 16.6. The van der Waals surface area contributed by atoms with Crippen LogP contribution in [0.25, 0.3) is 0 Å². The molecule has 0 atom stereocenters. The van der Waals surface area contributed by atoms with Crippen LogP contribution in [0.4, 0.5) is 16.6 Å². The number of methoxy groups -OCH3 is 1. The van der Waals surface area contributed by atoms with Crippen LogP contribution in [-0.4, -0.2) is 68.9 Å². The SMILES string of the molecule is COc1ccc(CNC(=O)OCCOc2cc(N3CCOCC3)nc(NN=Cc3cccc(C)c3)n2)cc1. The summed E-state index contributed by atoms with van der Waals surface area (Å²) in [7, 11) is 1.61. The zero-order valence-corrected chi connectivity index (χ0v) is 21.6. The van der Waals surface area contributed by atoms with Crippen molar-refractivity contribution in [2.24, 2.45) is 5.10 Å². The first-order valence-electron chi connectivity index (χ1n) is 12.3. The van der Waals surface area contributed by atoms with E-state index in [0.29, 0.717) is 50.5 Å². The zero-order valence-electron chi connectivity index (χ0n) is 21.6. The lowest BCUT2D eigenvalue weighted by atomic mass is 10.2. The molecule has 0 aliphatic carbocycles. The Kier molecular flexibility index (Phi) is 9.69. The molecule has 200 valence electrons. The number of ether oxygens (including phenoxy) is 4. The highest BCUT2D eigenvalue weighted by Crippen LogP contribution is 2.21. The van der Waals surface area contributed by atoms with Crippen molar-refractivity contribution in [3.8, 4) is 11.6 Å². The van der Waals surface area contributed by atoms with Gasteiger partial charge in [-0.15, -0.1) is 0 Å². The van der Waals surface area contributed by atoms with Crippen molar-refractivity contribution >= 4 is 24.1 Å². The third-order valence-electron chi connectivity index (χ3n) is 5.61. The van der Waals surface area contributed by atoms with Crippen LogP contribution in [0.5, 0.6) is 11.6 Å². The Labute approximate surface area is 221 Å². The fraction of sp³-hybridized carbons (Fsp3) is 0.333. The molecule has 0 bridgehead atoms. The maximum Gasteiger partial charge on any atom is 0.407 e. The quantitative estimate of drug-likeness (QED) is 0.223. The minimum atomic E-state index is -0.533. The Morgan fingerprint density at radius 1 is 1.11 bits per heavy atom. The summed E-state index contributed by atoms with van der Waals surface area (Å²) in [5.41, 5.74) is 5.92. The van der Waals surface area contributed by atoms with Crippen LogP contribution in [0.15, 0.2) is 59.7 Å². The Balaban J connectivity index is 1.30. The van der Waals surface area contributed by atoms with Crippen LogP contribution in [0.3, 0.4) is 0 Å². The summed E-state index contributed by atoms with van der Waals surface area (Å²) >= 11 is 0. The van der Waals surface area contributed by atoms with Gasteiger partial charge in [-0.1, -0.05) is 42.0 Å². The first-order valence-corrected chi connectivity index (χ1v) is 12.3. The summed E-state index contributed by atoms with van der Waals surface area (Å²) in [6.45, 7) is 5.21. The molecule has 1 aliphatic rings. The first-order chi connectivity index (χ1) is 18.6. The van der Waals surface area contributed by atoms with Crippen molar-refractivity contribution in [3.05, 3.63) is 71.3 Å². The van der Waals surface area contributed by atoms with Crippen LogP contribution >= 0.6 is 0 Å². The average molecular weight is 521 g/mol. The smallest absolute Gasteiger partial charge is 0.407 e. The number of hydrogen-bond donors (Lipinski definition) is 2. The third kappa shape index (κ3) is 8.34. The van der Waals surface area contributed by atoms with Gasteiger partial charge in [0.1, 0.15) is 24.8 Å². The lowest BCUT2D eigenvalue weighted by Gasteiger charge is -2.28. The molecule has 0 saturated carbocycles. The van der Waals surface area contributed by atoms with Crippen LogP contribution in [0.2, 0.25) is 0 Å². The van der Waals surface area contributed by atoms with Crippen molar-refractivity contribution in [2.75, 3.05) is 57.0 Å². The Hall–Kier alpha value is -4.38. The molecule has 0 unspecified atom stereocenters. The number of hydrogen-bond acceptors (Lipinski definition) is 10. The monoisotopic (exact) mass is 520 g/mol. The van der Waals surface area contributed by atoms with E-state index in [-0.39, 0.29) is 13.2 Å². The number of nitrogens with zero attached hydrogens (tertiary/aromatic N) is 4. The molecule has 11 nitrogen and oxygen atoms in total. The second-order valence-corrected chi connectivity index (χ2v) is 8.46. The van der Waals surface area contributed by atoms with E-state index in [1.54, 1.807) is 19.4 Å². The molecule has 0 radical (unpaired) electrons. The Morgan fingerprint density at radius 2 is 1.92 bits per heavy atom. The number of carbonyl (C=O) groups excluding carboxylic acids is 1. The van der Waals surface area contributed by atoms with Gasteiger partial charge in [-0.05, 0) is 30.2 Å².